The highest BCUT2D eigenvalue weighted by molar-refractivity contribution is 5.77. The molecule has 320 valence electrons. The lowest BCUT2D eigenvalue weighted by Gasteiger charge is -2.24. The lowest BCUT2D eigenvalue weighted by molar-refractivity contribution is -0.151. The lowest BCUT2D eigenvalue weighted by Crippen LogP contribution is -2.46. The first kappa shape index (κ1) is 52.8. The lowest BCUT2D eigenvalue weighted by atomic mass is 10.0. The van der Waals surface area contributed by atoms with Gasteiger partial charge < -0.3 is 20.3 Å². The van der Waals surface area contributed by atoms with Crippen LogP contribution in [-0.4, -0.2) is 46.9 Å². The molecule has 0 radical (unpaired) electrons. The molecule has 0 aliphatic rings. The van der Waals surface area contributed by atoms with Crippen LogP contribution in [0.5, 0.6) is 0 Å². The summed E-state index contributed by atoms with van der Waals surface area (Å²) in [6, 6.07) is -0.711. The number of esters is 1. The van der Waals surface area contributed by atoms with E-state index in [-0.39, 0.29) is 24.9 Å². The first-order valence-electron chi connectivity index (χ1n) is 23.4. The minimum atomic E-state index is -0.795. The fourth-order valence-electron chi connectivity index (χ4n) is 6.89. The summed E-state index contributed by atoms with van der Waals surface area (Å²) in [6.45, 7) is 6.30. The largest absolute Gasteiger partial charge is 0.462 e. The maximum absolute atomic E-state index is 13.1. The summed E-state index contributed by atoms with van der Waals surface area (Å²) in [5.41, 5.74) is 0. The fourth-order valence-corrected chi connectivity index (χ4v) is 6.89. The van der Waals surface area contributed by atoms with Gasteiger partial charge in [-0.15, -0.1) is 0 Å². The highest BCUT2D eigenvalue weighted by Gasteiger charge is 2.24. The summed E-state index contributed by atoms with van der Waals surface area (Å²) in [6.07, 6.45) is 50.4. The van der Waals surface area contributed by atoms with E-state index < -0.39 is 18.2 Å². The highest BCUT2D eigenvalue weighted by Crippen LogP contribution is 2.17. The Labute approximate surface area is 340 Å². The number of allylic oxidation sites excluding steroid dienone is 8. The minimum absolute atomic E-state index is 0.0510. The number of hydrogen-bond acceptors (Lipinski definition) is 5. The molecular formula is C49H89NO5. The Kier molecular flexibility index (Phi) is 41.2. The third kappa shape index (κ3) is 38.5. The Morgan fingerprint density at radius 1 is 0.545 bits per heavy atom. The molecule has 0 saturated carbocycles. The van der Waals surface area contributed by atoms with Crippen molar-refractivity contribution in [1.29, 1.82) is 0 Å². The van der Waals surface area contributed by atoms with Gasteiger partial charge in [0.25, 0.3) is 0 Å². The van der Waals surface area contributed by atoms with Crippen molar-refractivity contribution in [1.82, 2.24) is 5.32 Å². The zero-order valence-electron chi connectivity index (χ0n) is 36.3. The Morgan fingerprint density at radius 2 is 1.00 bits per heavy atom. The molecule has 3 unspecified atom stereocenters. The molecule has 0 heterocycles. The standard InChI is InChI=1S/C49H89NO5/c1-4-7-10-13-16-19-21-22-23-24-25-27-30-33-36-39-42-49(54)55-45(40-37-34-31-29-26-20-17-14-11-8-5-2)43-48(53)50-46(44-51)47(52)41-38-35-32-28-18-15-12-9-6-3/h8,11,14,17,20,23-24,26,45-47,51-52H,4-7,9-10,12-13,15-16,18-19,21-22,25,27-44H2,1-3H3,(H,50,53)/b11-8+,17-14+,24-23+,26-20-. The molecular weight excluding hydrogens is 683 g/mol. The van der Waals surface area contributed by atoms with Gasteiger partial charge in [0.05, 0.1) is 25.2 Å². The topological polar surface area (TPSA) is 95.9 Å². The van der Waals surface area contributed by atoms with Gasteiger partial charge in [-0.05, 0) is 70.6 Å². The molecule has 0 fully saturated rings. The summed E-state index contributed by atoms with van der Waals surface area (Å²) in [4.78, 5) is 26.0. The van der Waals surface area contributed by atoms with Crippen LogP contribution in [0.25, 0.3) is 0 Å². The number of nitrogens with one attached hydrogen (secondary N) is 1. The van der Waals surface area contributed by atoms with Gasteiger partial charge in [0.2, 0.25) is 5.91 Å². The highest BCUT2D eigenvalue weighted by atomic mass is 16.5. The summed E-state index contributed by atoms with van der Waals surface area (Å²) in [5.74, 6) is -0.520. The van der Waals surface area contributed by atoms with Crippen LogP contribution < -0.4 is 5.32 Å². The van der Waals surface area contributed by atoms with Crippen LogP contribution in [0.2, 0.25) is 0 Å². The number of amides is 1. The molecule has 6 nitrogen and oxygen atoms in total. The second kappa shape index (κ2) is 43.0. The van der Waals surface area contributed by atoms with Gasteiger partial charge in [-0.2, -0.15) is 0 Å². The van der Waals surface area contributed by atoms with E-state index in [0.29, 0.717) is 19.3 Å². The van der Waals surface area contributed by atoms with Crippen LogP contribution in [0.1, 0.15) is 226 Å². The predicted molar refractivity (Wildman–Crippen MR) is 236 cm³/mol. The van der Waals surface area contributed by atoms with E-state index in [2.05, 4.69) is 62.5 Å². The number of rotatable bonds is 41. The van der Waals surface area contributed by atoms with E-state index in [9.17, 15) is 19.8 Å². The average molecular weight is 772 g/mol. The van der Waals surface area contributed by atoms with E-state index >= 15 is 0 Å². The second-order valence-electron chi connectivity index (χ2n) is 15.8. The fraction of sp³-hybridized carbons (Fsp3) is 0.796. The van der Waals surface area contributed by atoms with Crippen molar-refractivity contribution in [2.24, 2.45) is 0 Å². The van der Waals surface area contributed by atoms with Crippen molar-refractivity contribution in [2.75, 3.05) is 6.61 Å². The number of hydrogen-bond donors (Lipinski definition) is 3. The Morgan fingerprint density at radius 3 is 1.55 bits per heavy atom. The zero-order chi connectivity index (χ0) is 40.3. The summed E-state index contributed by atoms with van der Waals surface area (Å²) in [5, 5.41) is 23.6. The third-order valence-corrected chi connectivity index (χ3v) is 10.5. The molecule has 0 aromatic rings. The van der Waals surface area contributed by atoms with Crippen molar-refractivity contribution < 1.29 is 24.5 Å². The van der Waals surface area contributed by atoms with Crippen LogP contribution in [0, 0.1) is 0 Å². The molecule has 0 aromatic heterocycles. The molecule has 0 aliphatic carbocycles. The molecule has 3 N–H and O–H groups in total. The number of aliphatic hydroxyl groups excluding tert-OH is 2. The Hall–Kier alpha value is -2.18. The second-order valence-corrected chi connectivity index (χ2v) is 15.8. The van der Waals surface area contributed by atoms with Crippen LogP contribution in [0.15, 0.2) is 48.6 Å². The normalized spacial score (nSPS) is 13.8. The monoisotopic (exact) mass is 772 g/mol. The van der Waals surface area contributed by atoms with Gasteiger partial charge in [0.15, 0.2) is 0 Å². The molecule has 0 rings (SSSR count). The van der Waals surface area contributed by atoms with E-state index in [0.717, 1.165) is 77.0 Å². The molecule has 0 bridgehead atoms. The summed E-state index contributed by atoms with van der Waals surface area (Å²) < 4.78 is 5.88. The first-order chi connectivity index (χ1) is 27.0. The van der Waals surface area contributed by atoms with Crippen LogP contribution in [0.3, 0.4) is 0 Å². The van der Waals surface area contributed by atoms with Crippen molar-refractivity contribution in [3.63, 3.8) is 0 Å². The van der Waals surface area contributed by atoms with Crippen molar-refractivity contribution >= 4 is 11.9 Å². The maximum Gasteiger partial charge on any atom is 0.306 e. The quantitative estimate of drug-likeness (QED) is 0.0249. The summed E-state index contributed by atoms with van der Waals surface area (Å²) in [7, 11) is 0. The van der Waals surface area contributed by atoms with Gasteiger partial charge in [-0.3, -0.25) is 9.59 Å². The van der Waals surface area contributed by atoms with Gasteiger partial charge >= 0.3 is 5.97 Å². The van der Waals surface area contributed by atoms with Gasteiger partial charge in [0, 0.05) is 6.42 Å². The SMILES string of the molecule is CC/C=C/C=C/C=C\CCCCCC(CC(=O)NC(CO)C(O)CCCCCCCCCCC)OC(=O)CCCCCCC/C=C/CCCCCCCCC. The third-order valence-electron chi connectivity index (χ3n) is 10.5. The molecule has 6 heteroatoms. The molecule has 0 spiro atoms. The molecule has 3 atom stereocenters. The van der Waals surface area contributed by atoms with Crippen molar-refractivity contribution in [3.05, 3.63) is 48.6 Å². The van der Waals surface area contributed by atoms with Crippen LogP contribution in [-0.2, 0) is 14.3 Å². The van der Waals surface area contributed by atoms with Crippen molar-refractivity contribution in [2.45, 2.75) is 244 Å². The first-order valence-corrected chi connectivity index (χ1v) is 23.4. The number of carbonyl (C=O) groups is 2. The maximum atomic E-state index is 13.1. The molecule has 1 amide bonds. The molecule has 0 saturated heterocycles. The number of ether oxygens (including phenoxy) is 1. The van der Waals surface area contributed by atoms with Crippen LogP contribution in [0.4, 0.5) is 0 Å². The van der Waals surface area contributed by atoms with Gasteiger partial charge in [-0.1, -0.05) is 191 Å². The van der Waals surface area contributed by atoms with E-state index in [1.54, 1.807) is 0 Å². The smallest absolute Gasteiger partial charge is 0.306 e. The zero-order valence-corrected chi connectivity index (χ0v) is 36.3. The molecule has 0 aliphatic heterocycles. The number of unbranched alkanes of at least 4 members (excludes halogenated alkanes) is 23. The van der Waals surface area contributed by atoms with Crippen LogP contribution >= 0.6 is 0 Å². The average Bonchev–Trinajstić information content (AvgIpc) is 3.18. The Balaban J connectivity index is 4.59. The van der Waals surface area contributed by atoms with E-state index in [1.165, 1.54) is 103 Å². The molecule has 55 heavy (non-hydrogen) atoms. The van der Waals surface area contributed by atoms with Gasteiger partial charge in [0.1, 0.15) is 6.10 Å². The minimum Gasteiger partial charge on any atom is -0.462 e. The number of aliphatic hydroxyl groups is 2. The number of carbonyl (C=O) groups excluding carboxylic acids is 2. The summed E-state index contributed by atoms with van der Waals surface area (Å²) >= 11 is 0. The van der Waals surface area contributed by atoms with E-state index in [4.69, 9.17) is 4.74 Å². The van der Waals surface area contributed by atoms with Gasteiger partial charge in [-0.25, -0.2) is 0 Å². The molecule has 0 aromatic carbocycles. The van der Waals surface area contributed by atoms with Crippen molar-refractivity contribution in [3.8, 4) is 0 Å². The Bertz CT molecular complexity index is 957. The van der Waals surface area contributed by atoms with E-state index in [1.807, 2.05) is 12.2 Å². The predicted octanol–water partition coefficient (Wildman–Crippen LogP) is 13.5.